The van der Waals surface area contributed by atoms with Gasteiger partial charge in [-0.3, -0.25) is 9.36 Å². The van der Waals surface area contributed by atoms with E-state index in [1.807, 2.05) is 54.2 Å². The van der Waals surface area contributed by atoms with Crippen molar-refractivity contribution < 1.29 is 9.53 Å². The Labute approximate surface area is 212 Å². The number of hydrogen-bond acceptors (Lipinski definition) is 4. The number of halogens is 1. The Morgan fingerprint density at radius 2 is 2.00 bits per heavy atom. The Bertz CT molecular complexity index is 1460. The van der Waals surface area contributed by atoms with E-state index in [1.54, 1.807) is 16.5 Å². The molecule has 1 fully saturated rings. The standard InChI is InChI=1S/C27H29BrN4O3/c1-17-12-21(18(2)28)24-22(13-17)26(33)30(3)25-23(24)14-29-32(25)20-10-7-11-31(15-20)27(34)35-16-19-8-5-4-6-9-19/h4-6,8-9,12-14,18,20H,7,10-11,15-16H2,1-3H3. The third-order valence-corrected chi connectivity index (χ3v) is 7.33. The van der Waals surface area contributed by atoms with Gasteiger partial charge in [-0.25, -0.2) is 9.48 Å². The minimum Gasteiger partial charge on any atom is -0.445 e. The number of nitrogens with zero attached hydrogens (tertiary/aromatic N) is 4. The monoisotopic (exact) mass is 536 g/mol. The molecule has 7 nitrogen and oxygen atoms in total. The van der Waals surface area contributed by atoms with Gasteiger partial charge in [-0.05, 0) is 49.4 Å². The van der Waals surface area contributed by atoms with E-state index in [4.69, 9.17) is 9.84 Å². The molecular formula is C27H29BrN4O3. The maximum absolute atomic E-state index is 13.4. The summed E-state index contributed by atoms with van der Waals surface area (Å²) in [6.45, 7) is 5.47. The number of likely N-dealkylation sites (tertiary alicyclic amines) is 1. The van der Waals surface area contributed by atoms with Gasteiger partial charge in [0.2, 0.25) is 0 Å². The zero-order chi connectivity index (χ0) is 24.7. The molecule has 5 rings (SSSR count). The van der Waals surface area contributed by atoms with Crippen molar-refractivity contribution in [1.29, 1.82) is 0 Å². The number of aromatic nitrogens is 3. The van der Waals surface area contributed by atoms with E-state index in [0.717, 1.165) is 46.0 Å². The molecule has 1 saturated heterocycles. The largest absolute Gasteiger partial charge is 0.445 e. The number of carbonyl (C=O) groups is 1. The quantitative estimate of drug-likeness (QED) is 0.317. The Morgan fingerprint density at radius 1 is 1.23 bits per heavy atom. The van der Waals surface area contributed by atoms with Gasteiger partial charge in [-0.15, -0.1) is 0 Å². The van der Waals surface area contributed by atoms with Crippen LogP contribution in [0.3, 0.4) is 0 Å². The van der Waals surface area contributed by atoms with Crippen LogP contribution in [0.4, 0.5) is 4.79 Å². The molecule has 0 saturated carbocycles. The lowest BCUT2D eigenvalue weighted by molar-refractivity contribution is 0.0792. The highest BCUT2D eigenvalue weighted by molar-refractivity contribution is 9.09. The summed E-state index contributed by atoms with van der Waals surface area (Å²) < 4.78 is 9.19. The van der Waals surface area contributed by atoms with Crippen LogP contribution in [0, 0.1) is 6.92 Å². The van der Waals surface area contributed by atoms with Crippen molar-refractivity contribution in [2.75, 3.05) is 13.1 Å². The van der Waals surface area contributed by atoms with Crippen molar-refractivity contribution in [2.24, 2.45) is 7.05 Å². The van der Waals surface area contributed by atoms with Crippen molar-refractivity contribution in [1.82, 2.24) is 19.2 Å². The number of alkyl halides is 1. The SMILES string of the molecule is Cc1cc(C(C)Br)c2c(c1)c(=O)n(C)c1c2cnn1C1CCCN(C(=O)OCc2ccccc2)C1. The van der Waals surface area contributed by atoms with Gasteiger partial charge in [-0.1, -0.05) is 52.3 Å². The summed E-state index contributed by atoms with van der Waals surface area (Å²) in [6, 6.07) is 13.7. The summed E-state index contributed by atoms with van der Waals surface area (Å²) in [4.78, 5) is 28.1. The predicted molar refractivity (Wildman–Crippen MR) is 141 cm³/mol. The zero-order valence-electron chi connectivity index (χ0n) is 20.2. The summed E-state index contributed by atoms with van der Waals surface area (Å²) in [5.74, 6) is 0. The maximum Gasteiger partial charge on any atom is 0.410 e. The molecule has 1 aliphatic heterocycles. The molecule has 1 aliphatic rings. The van der Waals surface area contributed by atoms with E-state index < -0.39 is 0 Å². The van der Waals surface area contributed by atoms with Crippen LogP contribution in [0.5, 0.6) is 0 Å². The highest BCUT2D eigenvalue weighted by Gasteiger charge is 2.29. The van der Waals surface area contributed by atoms with Gasteiger partial charge in [0.1, 0.15) is 12.3 Å². The molecular weight excluding hydrogens is 508 g/mol. The van der Waals surface area contributed by atoms with Crippen LogP contribution in [0.1, 0.15) is 47.3 Å². The first-order chi connectivity index (χ1) is 16.8. The minimum atomic E-state index is -0.319. The highest BCUT2D eigenvalue weighted by atomic mass is 79.9. The summed E-state index contributed by atoms with van der Waals surface area (Å²) in [5, 5.41) is 7.34. The second-order valence-electron chi connectivity index (χ2n) is 9.37. The van der Waals surface area contributed by atoms with Crippen molar-refractivity contribution in [3.05, 3.63) is 75.7 Å². The molecule has 2 atom stereocenters. The first kappa shape index (κ1) is 23.6. The Kier molecular flexibility index (Phi) is 6.40. The first-order valence-electron chi connectivity index (χ1n) is 11.9. The fourth-order valence-electron chi connectivity index (χ4n) is 5.14. The van der Waals surface area contributed by atoms with Gasteiger partial charge in [-0.2, -0.15) is 5.10 Å². The van der Waals surface area contributed by atoms with E-state index in [-0.39, 0.29) is 29.1 Å². The number of ether oxygens (including phenoxy) is 1. The lowest BCUT2D eigenvalue weighted by Crippen LogP contribution is -2.41. The fraction of sp³-hybridized carbons (Fsp3) is 0.370. The molecule has 35 heavy (non-hydrogen) atoms. The van der Waals surface area contributed by atoms with Crippen molar-refractivity contribution >= 4 is 43.8 Å². The molecule has 0 bridgehead atoms. The number of piperidine rings is 1. The molecule has 2 aromatic heterocycles. The number of amides is 1. The van der Waals surface area contributed by atoms with Crippen LogP contribution >= 0.6 is 15.9 Å². The first-order valence-corrected chi connectivity index (χ1v) is 12.9. The maximum atomic E-state index is 13.4. The van der Waals surface area contributed by atoms with Gasteiger partial charge < -0.3 is 9.64 Å². The molecule has 8 heteroatoms. The molecule has 0 spiro atoms. The van der Waals surface area contributed by atoms with Gasteiger partial charge in [0.25, 0.3) is 5.56 Å². The average Bonchev–Trinajstić information content (AvgIpc) is 3.31. The molecule has 182 valence electrons. The molecule has 2 unspecified atom stereocenters. The van der Waals surface area contributed by atoms with E-state index in [2.05, 4.69) is 28.9 Å². The number of rotatable bonds is 4. The summed E-state index contributed by atoms with van der Waals surface area (Å²) in [5.41, 5.74) is 3.84. The van der Waals surface area contributed by atoms with Gasteiger partial charge >= 0.3 is 6.09 Å². The van der Waals surface area contributed by atoms with Gasteiger partial charge in [0.15, 0.2) is 0 Å². The minimum absolute atomic E-state index is 0.0381. The van der Waals surface area contributed by atoms with Gasteiger partial charge in [0, 0.05) is 41.1 Å². The zero-order valence-corrected chi connectivity index (χ0v) is 21.8. The summed E-state index contributed by atoms with van der Waals surface area (Å²) in [6.07, 6.45) is 3.26. The van der Waals surface area contributed by atoms with Crippen LogP contribution < -0.4 is 5.56 Å². The molecule has 2 aromatic carbocycles. The average molecular weight is 537 g/mol. The van der Waals surface area contributed by atoms with Crippen molar-refractivity contribution in [3.8, 4) is 0 Å². The van der Waals surface area contributed by atoms with E-state index in [1.165, 1.54) is 0 Å². The van der Waals surface area contributed by atoms with Crippen molar-refractivity contribution in [3.63, 3.8) is 0 Å². The molecule has 0 radical (unpaired) electrons. The Balaban J connectivity index is 1.49. The van der Waals surface area contributed by atoms with E-state index >= 15 is 0 Å². The topological polar surface area (TPSA) is 69.4 Å². The second kappa shape index (κ2) is 9.49. The van der Waals surface area contributed by atoms with Gasteiger partial charge in [0.05, 0.1) is 12.2 Å². The van der Waals surface area contributed by atoms with Crippen LogP contribution in [-0.2, 0) is 18.4 Å². The summed E-state index contributed by atoms with van der Waals surface area (Å²) >= 11 is 3.71. The number of hydrogen-bond donors (Lipinski definition) is 0. The third-order valence-electron chi connectivity index (χ3n) is 6.84. The van der Waals surface area contributed by atoms with Crippen LogP contribution in [0.15, 0.2) is 53.5 Å². The number of pyridine rings is 1. The number of fused-ring (bicyclic) bond motifs is 3. The molecule has 0 N–H and O–H groups in total. The number of aryl methyl sites for hydroxylation is 2. The second-order valence-corrected chi connectivity index (χ2v) is 10.7. The lowest BCUT2D eigenvalue weighted by atomic mass is 9.98. The van der Waals surface area contributed by atoms with Crippen LogP contribution in [0.2, 0.25) is 0 Å². The molecule has 3 heterocycles. The third kappa shape index (κ3) is 4.35. The van der Waals surface area contributed by atoms with E-state index in [9.17, 15) is 9.59 Å². The molecule has 1 amide bonds. The molecule has 4 aromatic rings. The number of benzene rings is 2. The van der Waals surface area contributed by atoms with Crippen LogP contribution in [0.25, 0.3) is 21.8 Å². The smallest absolute Gasteiger partial charge is 0.410 e. The highest BCUT2D eigenvalue weighted by Crippen LogP contribution is 2.35. The fourth-order valence-corrected chi connectivity index (χ4v) is 5.50. The van der Waals surface area contributed by atoms with E-state index in [0.29, 0.717) is 18.5 Å². The Morgan fingerprint density at radius 3 is 2.74 bits per heavy atom. The normalized spacial score (nSPS) is 17.1. The number of carbonyl (C=O) groups excluding carboxylic acids is 1. The predicted octanol–water partition coefficient (Wildman–Crippen LogP) is 5.63. The molecule has 0 aliphatic carbocycles. The summed E-state index contributed by atoms with van der Waals surface area (Å²) in [7, 11) is 1.80. The van der Waals surface area contributed by atoms with Crippen LogP contribution in [-0.4, -0.2) is 38.4 Å². The lowest BCUT2D eigenvalue weighted by Gasteiger charge is -2.32. The van der Waals surface area contributed by atoms with Crippen molar-refractivity contribution in [2.45, 2.75) is 44.2 Å². The Hall–Kier alpha value is -3.13.